The lowest BCUT2D eigenvalue weighted by molar-refractivity contribution is 0.104. The molecule has 6 heteroatoms. The zero-order chi connectivity index (χ0) is 18.7. The Morgan fingerprint density at radius 3 is 2.62 bits per heavy atom. The Bertz CT molecular complexity index is 950. The van der Waals surface area contributed by atoms with Gasteiger partial charge in [0, 0.05) is 16.6 Å². The number of aryl methyl sites for hydroxylation is 1. The van der Waals surface area contributed by atoms with Crippen LogP contribution in [0.25, 0.3) is 10.2 Å². The van der Waals surface area contributed by atoms with Crippen molar-refractivity contribution in [3.63, 3.8) is 0 Å². The number of fused-ring (bicyclic) bond motifs is 1. The lowest BCUT2D eigenvalue weighted by Gasteiger charge is -2.08. The van der Waals surface area contributed by atoms with E-state index in [1.807, 2.05) is 12.1 Å². The molecule has 136 valence electrons. The number of thiophene rings is 1. The molecule has 0 radical (unpaired) electrons. The Balaban J connectivity index is 1.99. The SMILES string of the molecule is CCCCc1ccc2c(N)c(C(=O)c3ccc(OC)c(OC)c3)sc2n1. The van der Waals surface area contributed by atoms with Gasteiger partial charge in [0.05, 0.1) is 19.9 Å². The molecule has 0 aliphatic carbocycles. The molecule has 26 heavy (non-hydrogen) atoms. The molecule has 0 aliphatic rings. The van der Waals surface area contributed by atoms with Gasteiger partial charge in [0.1, 0.15) is 9.71 Å². The van der Waals surface area contributed by atoms with Crippen LogP contribution in [0.4, 0.5) is 5.69 Å². The number of nitrogens with two attached hydrogens (primary N) is 1. The quantitative estimate of drug-likeness (QED) is 0.621. The molecule has 0 aliphatic heterocycles. The van der Waals surface area contributed by atoms with Gasteiger partial charge in [-0.1, -0.05) is 13.3 Å². The van der Waals surface area contributed by atoms with E-state index in [9.17, 15) is 4.79 Å². The van der Waals surface area contributed by atoms with Crippen molar-refractivity contribution in [1.82, 2.24) is 4.98 Å². The predicted octanol–water partition coefficient (Wildman–Crippen LogP) is 4.47. The number of benzene rings is 1. The van der Waals surface area contributed by atoms with Gasteiger partial charge in [-0.15, -0.1) is 11.3 Å². The standard InChI is InChI=1S/C20H22N2O3S/c1-4-5-6-13-8-9-14-17(21)19(26-20(14)22-13)18(23)12-7-10-15(24-2)16(11-12)25-3/h7-11H,4-6,21H2,1-3H3. The summed E-state index contributed by atoms with van der Waals surface area (Å²) in [5.74, 6) is 0.954. The van der Waals surface area contributed by atoms with Crippen molar-refractivity contribution in [2.24, 2.45) is 0 Å². The van der Waals surface area contributed by atoms with Crippen molar-refractivity contribution < 1.29 is 14.3 Å². The van der Waals surface area contributed by atoms with E-state index in [4.69, 9.17) is 15.2 Å². The highest BCUT2D eigenvalue weighted by atomic mass is 32.1. The number of hydrogen-bond acceptors (Lipinski definition) is 6. The first-order chi connectivity index (χ1) is 12.6. The van der Waals surface area contributed by atoms with Gasteiger partial charge in [0.2, 0.25) is 5.78 Å². The molecule has 5 nitrogen and oxygen atoms in total. The lowest BCUT2D eigenvalue weighted by Crippen LogP contribution is -2.03. The summed E-state index contributed by atoms with van der Waals surface area (Å²) >= 11 is 1.34. The molecule has 0 spiro atoms. The molecular weight excluding hydrogens is 348 g/mol. The number of carbonyl (C=O) groups excluding carboxylic acids is 1. The number of rotatable bonds is 7. The van der Waals surface area contributed by atoms with E-state index in [0.717, 1.165) is 35.2 Å². The molecule has 2 heterocycles. The van der Waals surface area contributed by atoms with Gasteiger partial charge in [-0.25, -0.2) is 4.98 Å². The van der Waals surface area contributed by atoms with Crippen LogP contribution in [0, 0.1) is 0 Å². The van der Waals surface area contributed by atoms with Crippen LogP contribution in [-0.2, 0) is 6.42 Å². The molecule has 0 atom stereocenters. The lowest BCUT2D eigenvalue weighted by atomic mass is 10.1. The van der Waals surface area contributed by atoms with Gasteiger partial charge in [0.25, 0.3) is 0 Å². The number of nitrogens with zero attached hydrogens (tertiary/aromatic N) is 1. The Kier molecular flexibility index (Phi) is 5.42. The molecule has 0 bridgehead atoms. The maximum atomic E-state index is 13.0. The summed E-state index contributed by atoms with van der Waals surface area (Å²) in [6.07, 6.45) is 3.15. The average molecular weight is 370 g/mol. The van der Waals surface area contributed by atoms with E-state index in [1.165, 1.54) is 11.3 Å². The van der Waals surface area contributed by atoms with Crippen molar-refractivity contribution in [2.75, 3.05) is 20.0 Å². The minimum Gasteiger partial charge on any atom is -0.493 e. The van der Waals surface area contributed by atoms with Crippen molar-refractivity contribution >= 4 is 33.0 Å². The van der Waals surface area contributed by atoms with Gasteiger partial charge in [-0.2, -0.15) is 0 Å². The fourth-order valence-corrected chi connectivity index (χ4v) is 3.88. The number of ether oxygens (including phenoxy) is 2. The second kappa shape index (κ2) is 7.74. The first-order valence-electron chi connectivity index (χ1n) is 8.53. The Hall–Kier alpha value is -2.60. The summed E-state index contributed by atoms with van der Waals surface area (Å²) < 4.78 is 10.5. The number of aromatic nitrogens is 1. The Morgan fingerprint density at radius 1 is 1.15 bits per heavy atom. The largest absolute Gasteiger partial charge is 0.493 e. The van der Waals surface area contributed by atoms with Gasteiger partial charge in [-0.3, -0.25) is 4.79 Å². The van der Waals surface area contributed by atoms with E-state index in [2.05, 4.69) is 11.9 Å². The Morgan fingerprint density at radius 2 is 1.92 bits per heavy atom. The van der Waals surface area contributed by atoms with Crippen molar-refractivity contribution in [2.45, 2.75) is 26.2 Å². The summed E-state index contributed by atoms with van der Waals surface area (Å²) in [5, 5.41) is 0.832. The van der Waals surface area contributed by atoms with E-state index < -0.39 is 0 Å². The van der Waals surface area contributed by atoms with Crippen LogP contribution in [0.2, 0.25) is 0 Å². The minimum atomic E-state index is -0.137. The summed E-state index contributed by atoms with van der Waals surface area (Å²) in [6.45, 7) is 2.15. The maximum Gasteiger partial charge on any atom is 0.205 e. The molecule has 0 fully saturated rings. The second-order valence-electron chi connectivity index (χ2n) is 6.00. The predicted molar refractivity (Wildman–Crippen MR) is 106 cm³/mol. The van der Waals surface area contributed by atoms with E-state index in [-0.39, 0.29) is 5.78 Å². The van der Waals surface area contributed by atoms with Gasteiger partial charge >= 0.3 is 0 Å². The highest BCUT2D eigenvalue weighted by Crippen LogP contribution is 2.36. The van der Waals surface area contributed by atoms with Gasteiger partial charge in [0.15, 0.2) is 11.5 Å². The number of anilines is 1. The fourth-order valence-electron chi connectivity index (χ4n) is 2.81. The van der Waals surface area contributed by atoms with E-state index in [1.54, 1.807) is 32.4 Å². The summed E-state index contributed by atoms with van der Waals surface area (Å²) in [7, 11) is 3.10. The molecule has 0 unspecified atom stereocenters. The number of nitrogen functional groups attached to an aromatic ring is 1. The highest BCUT2D eigenvalue weighted by Gasteiger charge is 2.20. The van der Waals surface area contributed by atoms with Crippen LogP contribution < -0.4 is 15.2 Å². The first-order valence-corrected chi connectivity index (χ1v) is 9.35. The number of pyridine rings is 1. The molecule has 1 aromatic carbocycles. The molecule has 3 rings (SSSR count). The van der Waals surface area contributed by atoms with Crippen LogP contribution in [0.3, 0.4) is 0 Å². The molecule has 0 amide bonds. The number of ketones is 1. The molecule has 0 saturated carbocycles. The number of hydrogen-bond donors (Lipinski definition) is 1. The summed E-state index contributed by atoms with van der Waals surface area (Å²) in [6, 6.07) is 9.06. The molecule has 3 aromatic rings. The number of unbranched alkanes of at least 4 members (excludes halogenated alkanes) is 1. The van der Waals surface area contributed by atoms with Crippen LogP contribution in [0.5, 0.6) is 11.5 Å². The minimum absolute atomic E-state index is 0.137. The fraction of sp³-hybridized carbons (Fsp3) is 0.300. The highest BCUT2D eigenvalue weighted by molar-refractivity contribution is 7.21. The smallest absolute Gasteiger partial charge is 0.205 e. The van der Waals surface area contributed by atoms with Gasteiger partial charge in [-0.05, 0) is 43.2 Å². The topological polar surface area (TPSA) is 74.4 Å². The van der Waals surface area contributed by atoms with Crippen LogP contribution >= 0.6 is 11.3 Å². The van der Waals surface area contributed by atoms with Crippen molar-refractivity contribution in [3.05, 3.63) is 46.5 Å². The van der Waals surface area contributed by atoms with Crippen LogP contribution in [0.1, 0.15) is 40.7 Å². The third-order valence-corrected chi connectivity index (χ3v) is 5.40. The summed E-state index contributed by atoms with van der Waals surface area (Å²) in [5.41, 5.74) is 8.27. The van der Waals surface area contributed by atoms with Crippen molar-refractivity contribution in [3.8, 4) is 11.5 Å². The van der Waals surface area contributed by atoms with Crippen LogP contribution in [0.15, 0.2) is 30.3 Å². The molecular formula is C20H22N2O3S. The molecule has 2 N–H and O–H groups in total. The third-order valence-electron chi connectivity index (χ3n) is 4.29. The monoisotopic (exact) mass is 370 g/mol. The molecule has 2 aromatic heterocycles. The van der Waals surface area contributed by atoms with Crippen molar-refractivity contribution in [1.29, 1.82) is 0 Å². The maximum absolute atomic E-state index is 13.0. The normalized spacial score (nSPS) is 10.9. The zero-order valence-corrected chi connectivity index (χ0v) is 16.0. The number of methoxy groups -OCH3 is 2. The zero-order valence-electron chi connectivity index (χ0n) is 15.2. The Labute approximate surface area is 156 Å². The first kappa shape index (κ1) is 18.2. The van der Waals surface area contributed by atoms with E-state index in [0.29, 0.717) is 27.6 Å². The second-order valence-corrected chi connectivity index (χ2v) is 7.00. The molecule has 0 saturated heterocycles. The van der Waals surface area contributed by atoms with E-state index >= 15 is 0 Å². The van der Waals surface area contributed by atoms with Gasteiger partial charge < -0.3 is 15.2 Å². The van der Waals surface area contributed by atoms with Crippen LogP contribution in [-0.4, -0.2) is 25.0 Å². The average Bonchev–Trinajstić information content (AvgIpc) is 3.01. The third kappa shape index (κ3) is 3.37. The number of carbonyl (C=O) groups is 1. The summed E-state index contributed by atoms with van der Waals surface area (Å²) in [4.78, 5) is 19.0.